The molecule has 0 aliphatic carbocycles. The van der Waals surface area contributed by atoms with E-state index in [9.17, 15) is 0 Å². The van der Waals surface area contributed by atoms with Crippen molar-refractivity contribution < 1.29 is 0 Å². The first-order valence-electron chi connectivity index (χ1n) is 25.5. The fourth-order valence-electron chi connectivity index (χ4n) is 11.6. The normalized spacial score (nSPS) is 11.5. The van der Waals surface area contributed by atoms with Crippen LogP contribution in [0.3, 0.4) is 0 Å². The van der Waals surface area contributed by atoms with E-state index in [2.05, 4.69) is 319 Å². The molecule has 0 aliphatic heterocycles. The third kappa shape index (κ3) is 7.89. The standard InChI is InChI=1S/C70H51N2Si2/c1-8-22-54(23-9-1)71(56-40-44-60(45-41-56)73(58-26-12-3-13-27-58)59-28-14-4-15-29-59)67-50-38-52-37-49-66-68(51-39-53-36-48-65(67)69(52)70(53)66)72(55-24-10-2-11-25-55)57-42-46-64(47-43-57)74(61-30-16-5-17-31-61,62-32-18-6-19-33-62)63-34-20-7-21-35-63/h1-51H/q+1. The number of anilines is 6. The third-order valence-electron chi connectivity index (χ3n) is 14.8. The zero-order valence-electron chi connectivity index (χ0n) is 40.8. The van der Waals surface area contributed by atoms with Crippen LogP contribution >= 0.6 is 0 Å². The summed E-state index contributed by atoms with van der Waals surface area (Å²) in [7, 11) is -3.96. The van der Waals surface area contributed by atoms with Crippen molar-refractivity contribution in [3.05, 3.63) is 309 Å². The average molecular weight is 976 g/mol. The molecule has 0 radical (unpaired) electrons. The Morgan fingerprint density at radius 3 is 0.892 bits per heavy atom. The van der Waals surface area contributed by atoms with Crippen molar-refractivity contribution in [2.45, 2.75) is 0 Å². The van der Waals surface area contributed by atoms with Crippen LogP contribution < -0.4 is 46.1 Å². The van der Waals surface area contributed by atoms with Crippen LogP contribution in [0.25, 0.3) is 32.3 Å². The third-order valence-corrected chi connectivity index (χ3v) is 22.4. The molecule has 0 bridgehead atoms. The average Bonchev–Trinajstić information content (AvgIpc) is 3.48. The van der Waals surface area contributed by atoms with Crippen LogP contribution in [0.2, 0.25) is 0 Å². The summed E-state index contributed by atoms with van der Waals surface area (Å²) < 4.78 is 0. The summed E-state index contributed by atoms with van der Waals surface area (Å²) in [6, 6.07) is 115. The Bertz CT molecular complexity index is 3840. The van der Waals surface area contributed by atoms with Crippen LogP contribution in [0.1, 0.15) is 0 Å². The fraction of sp³-hybridized carbons (Fsp3) is 0. The summed E-state index contributed by atoms with van der Waals surface area (Å²) in [5.74, 6) is 0. The zero-order valence-corrected chi connectivity index (χ0v) is 42.8. The lowest BCUT2D eigenvalue weighted by molar-refractivity contribution is 1.30. The number of rotatable bonds is 13. The molecule has 0 atom stereocenters. The van der Waals surface area contributed by atoms with Gasteiger partial charge in [-0.25, -0.2) is 0 Å². The smallest absolute Gasteiger partial charge is 0.310 e. The molecule has 13 rings (SSSR count). The van der Waals surface area contributed by atoms with E-state index in [0.29, 0.717) is 0 Å². The van der Waals surface area contributed by atoms with Gasteiger partial charge in [-0.3, -0.25) is 0 Å². The molecule has 0 aliphatic rings. The van der Waals surface area contributed by atoms with Crippen molar-refractivity contribution in [2.75, 3.05) is 9.80 Å². The first kappa shape index (κ1) is 44.8. The topological polar surface area (TPSA) is 6.48 Å². The van der Waals surface area contributed by atoms with Gasteiger partial charge in [0.05, 0.1) is 11.4 Å². The van der Waals surface area contributed by atoms with Crippen molar-refractivity contribution in [3.8, 4) is 0 Å². The van der Waals surface area contributed by atoms with Crippen molar-refractivity contribution in [1.82, 2.24) is 0 Å². The molecule has 0 heterocycles. The molecular formula is C70H51N2Si2+. The van der Waals surface area contributed by atoms with Crippen molar-refractivity contribution >= 4 is 120 Å². The van der Waals surface area contributed by atoms with Gasteiger partial charge in [-0.2, -0.15) is 0 Å². The monoisotopic (exact) mass is 975 g/mol. The molecule has 0 spiro atoms. The van der Waals surface area contributed by atoms with E-state index in [1.807, 2.05) is 0 Å². The summed E-state index contributed by atoms with van der Waals surface area (Å²) in [4.78, 5) is 4.89. The molecule has 0 amide bonds. The van der Waals surface area contributed by atoms with Gasteiger partial charge in [0, 0.05) is 33.5 Å². The molecule has 0 unspecified atom stereocenters. The molecule has 2 nitrogen and oxygen atoms in total. The summed E-state index contributed by atoms with van der Waals surface area (Å²) in [5.41, 5.74) is 6.73. The van der Waals surface area contributed by atoms with Crippen LogP contribution in [0.5, 0.6) is 0 Å². The molecule has 74 heavy (non-hydrogen) atoms. The Morgan fingerprint density at radius 2 is 0.514 bits per heavy atom. The minimum absolute atomic E-state index is 1.11. The Morgan fingerprint density at radius 1 is 0.230 bits per heavy atom. The van der Waals surface area contributed by atoms with E-state index < -0.39 is 16.9 Å². The van der Waals surface area contributed by atoms with Crippen LogP contribution in [0.15, 0.2) is 309 Å². The predicted molar refractivity (Wildman–Crippen MR) is 321 cm³/mol. The lowest BCUT2D eigenvalue weighted by Crippen LogP contribution is -2.74. The summed E-state index contributed by atoms with van der Waals surface area (Å²) in [6.07, 6.45) is 0. The van der Waals surface area contributed by atoms with E-state index >= 15 is 0 Å². The number of hydrogen-bond donors (Lipinski definition) is 0. The molecule has 0 saturated heterocycles. The van der Waals surface area contributed by atoms with E-state index in [0.717, 1.165) is 34.1 Å². The second-order valence-corrected chi connectivity index (χ2v) is 25.3. The minimum atomic E-state index is -2.73. The van der Waals surface area contributed by atoms with Crippen molar-refractivity contribution in [2.24, 2.45) is 0 Å². The van der Waals surface area contributed by atoms with Gasteiger partial charge in [-0.1, -0.05) is 212 Å². The molecule has 4 heteroatoms. The molecule has 0 saturated carbocycles. The lowest BCUT2D eigenvalue weighted by Gasteiger charge is -2.35. The minimum Gasteiger partial charge on any atom is -0.310 e. The highest BCUT2D eigenvalue weighted by molar-refractivity contribution is 7.19. The van der Waals surface area contributed by atoms with E-state index in [4.69, 9.17) is 0 Å². The zero-order chi connectivity index (χ0) is 49.3. The summed E-state index contributed by atoms with van der Waals surface area (Å²) in [6.45, 7) is 0. The van der Waals surface area contributed by atoms with Gasteiger partial charge in [-0.05, 0) is 139 Å². The van der Waals surface area contributed by atoms with E-state index in [1.54, 1.807) is 0 Å². The van der Waals surface area contributed by atoms with Gasteiger partial charge in [0.15, 0.2) is 8.07 Å². The molecule has 13 aromatic rings. The molecule has 0 aromatic heterocycles. The Labute approximate surface area is 436 Å². The lowest BCUT2D eigenvalue weighted by atomic mass is 9.91. The number of benzene rings is 13. The Hall–Kier alpha value is -9.07. The maximum atomic E-state index is 2.45. The highest BCUT2D eigenvalue weighted by atomic mass is 28.3. The fourth-order valence-corrected chi connectivity index (χ4v) is 18.9. The van der Waals surface area contributed by atoms with E-state index in [-0.39, 0.29) is 0 Å². The summed E-state index contributed by atoms with van der Waals surface area (Å²) >= 11 is 0. The van der Waals surface area contributed by atoms with Gasteiger partial charge in [-0.15, -0.1) is 0 Å². The molecular weight excluding hydrogens is 925 g/mol. The quantitative estimate of drug-likeness (QED) is 0.0645. The van der Waals surface area contributed by atoms with E-state index in [1.165, 1.54) is 68.6 Å². The maximum Gasteiger partial charge on any atom is 0.428 e. The maximum absolute atomic E-state index is 2.73. The van der Waals surface area contributed by atoms with Crippen LogP contribution in [-0.4, -0.2) is 16.9 Å². The van der Waals surface area contributed by atoms with Gasteiger partial charge >= 0.3 is 8.80 Å². The first-order chi connectivity index (χ1) is 36.7. The largest absolute Gasteiger partial charge is 0.428 e. The number of hydrogen-bond acceptors (Lipinski definition) is 2. The number of nitrogens with zero attached hydrogens (tertiary/aromatic N) is 2. The van der Waals surface area contributed by atoms with Crippen LogP contribution in [-0.2, 0) is 0 Å². The van der Waals surface area contributed by atoms with Gasteiger partial charge < -0.3 is 9.80 Å². The highest BCUT2D eigenvalue weighted by Crippen LogP contribution is 2.47. The van der Waals surface area contributed by atoms with Crippen LogP contribution in [0, 0.1) is 0 Å². The Kier molecular flexibility index (Phi) is 11.8. The van der Waals surface area contributed by atoms with Gasteiger partial charge in [0.1, 0.15) is 15.6 Å². The SMILES string of the molecule is c1ccc(N(c2ccc([Si+](c3ccccc3)c3ccccc3)cc2)c2ccc3ccc4c(N(c5ccccc5)c5ccc([Si](c6ccccc6)(c6ccccc6)c6ccccc6)cc5)ccc5ccc2c3c54)cc1. The molecule has 0 N–H and O–H groups in total. The first-order valence-corrected chi connectivity index (χ1v) is 29.0. The predicted octanol–water partition coefficient (Wildman–Crippen LogP) is 13.4. The van der Waals surface area contributed by atoms with Crippen LogP contribution in [0.4, 0.5) is 34.1 Å². The Balaban J connectivity index is 0.958. The second kappa shape index (κ2) is 19.5. The van der Waals surface area contributed by atoms with Gasteiger partial charge in [0.2, 0.25) is 0 Å². The van der Waals surface area contributed by atoms with Crippen molar-refractivity contribution in [1.29, 1.82) is 0 Å². The van der Waals surface area contributed by atoms with Crippen molar-refractivity contribution in [3.63, 3.8) is 0 Å². The molecule has 348 valence electrons. The molecule has 0 fully saturated rings. The number of para-hydroxylation sites is 2. The van der Waals surface area contributed by atoms with Gasteiger partial charge in [0.25, 0.3) is 0 Å². The second-order valence-electron chi connectivity index (χ2n) is 19.0. The highest BCUT2D eigenvalue weighted by Gasteiger charge is 2.41. The summed E-state index contributed by atoms with van der Waals surface area (Å²) in [5, 5.41) is 16.9. The molecule has 13 aromatic carbocycles.